The normalized spacial score (nSPS) is 17.5. The number of nitrogens with zero attached hydrogens (tertiary/aromatic N) is 1. The van der Waals surface area contributed by atoms with Gasteiger partial charge in [-0.25, -0.2) is 0 Å². The summed E-state index contributed by atoms with van der Waals surface area (Å²) in [4.78, 5) is 2.19. The number of hydrogen-bond acceptors (Lipinski definition) is 2. The summed E-state index contributed by atoms with van der Waals surface area (Å²) in [5.41, 5.74) is 1.87. The van der Waals surface area contributed by atoms with Crippen LogP contribution in [0.2, 0.25) is 5.02 Å². The topological polar surface area (TPSA) is 15.3 Å². The maximum absolute atomic E-state index is 13.2. The predicted octanol–water partition coefficient (Wildman–Crippen LogP) is 4.66. The summed E-state index contributed by atoms with van der Waals surface area (Å²) >= 11 is 6.34. The zero-order chi connectivity index (χ0) is 18.0. The van der Waals surface area contributed by atoms with Gasteiger partial charge in [0.1, 0.15) is 0 Å². The smallest absolute Gasteiger partial charge is 0.314 e. The first kappa shape index (κ1) is 18.2. The van der Waals surface area contributed by atoms with E-state index in [1.165, 1.54) is 12.1 Å². The average Bonchev–Trinajstić information content (AvgIpc) is 2.57. The average molecular weight is 369 g/mol. The summed E-state index contributed by atoms with van der Waals surface area (Å²) in [7, 11) is 0. The van der Waals surface area contributed by atoms with Gasteiger partial charge in [0.25, 0.3) is 0 Å². The van der Waals surface area contributed by atoms with Gasteiger partial charge in [0.15, 0.2) is 0 Å². The molecule has 1 aliphatic rings. The number of halogens is 4. The Hall–Kier alpha value is -1.56. The van der Waals surface area contributed by atoms with Gasteiger partial charge in [0.2, 0.25) is 0 Å². The van der Waals surface area contributed by atoms with Crippen LogP contribution in [0, 0.1) is 6.92 Å². The molecule has 0 saturated carbocycles. The summed E-state index contributed by atoms with van der Waals surface area (Å²) in [5.74, 6) is 0. The van der Waals surface area contributed by atoms with E-state index in [2.05, 4.69) is 10.2 Å². The molecule has 0 radical (unpaired) electrons. The second-order valence-corrected chi connectivity index (χ2v) is 6.74. The highest BCUT2D eigenvalue weighted by Gasteiger charge is 2.33. The van der Waals surface area contributed by atoms with Crippen molar-refractivity contribution >= 4 is 11.6 Å². The van der Waals surface area contributed by atoms with Crippen molar-refractivity contribution in [2.75, 3.05) is 26.2 Å². The van der Waals surface area contributed by atoms with E-state index in [0.29, 0.717) is 10.6 Å². The summed E-state index contributed by atoms with van der Waals surface area (Å²) < 4.78 is 39.6. The zero-order valence-corrected chi connectivity index (χ0v) is 14.7. The molecule has 1 saturated heterocycles. The largest absolute Gasteiger partial charge is 0.416 e. The SMILES string of the molecule is Cc1cccc(C(c2cc(C(F)(F)F)ccc2Cl)N2CCNCC2)c1. The highest BCUT2D eigenvalue weighted by Crippen LogP contribution is 2.38. The lowest BCUT2D eigenvalue weighted by molar-refractivity contribution is -0.137. The van der Waals surface area contributed by atoms with Crippen LogP contribution in [0.4, 0.5) is 13.2 Å². The van der Waals surface area contributed by atoms with Crippen molar-refractivity contribution in [1.29, 1.82) is 0 Å². The minimum absolute atomic E-state index is 0.295. The van der Waals surface area contributed by atoms with Gasteiger partial charge in [-0.05, 0) is 36.2 Å². The molecule has 1 fully saturated rings. The van der Waals surface area contributed by atoms with Gasteiger partial charge < -0.3 is 5.32 Å². The fraction of sp³-hybridized carbons (Fsp3) is 0.368. The minimum atomic E-state index is -4.39. The third kappa shape index (κ3) is 4.17. The fourth-order valence-electron chi connectivity index (χ4n) is 3.30. The molecule has 2 nitrogen and oxygen atoms in total. The van der Waals surface area contributed by atoms with Gasteiger partial charge in [-0.1, -0.05) is 41.4 Å². The minimum Gasteiger partial charge on any atom is -0.314 e. The van der Waals surface area contributed by atoms with E-state index >= 15 is 0 Å². The van der Waals surface area contributed by atoms with E-state index in [-0.39, 0.29) is 6.04 Å². The van der Waals surface area contributed by atoms with Crippen molar-refractivity contribution in [3.05, 3.63) is 69.7 Å². The molecule has 0 bridgehead atoms. The molecule has 0 aliphatic carbocycles. The molecule has 0 aromatic heterocycles. The van der Waals surface area contributed by atoms with Gasteiger partial charge >= 0.3 is 6.18 Å². The van der Waals surface area contributed by atoms with Gasteiger partial charge in [-0.2, -0.15) is 13.2 Å². The molecular weight excluding hydrogens is 349 g/mol. The van der Waals surface area contributed by atoms with Crippen molar-refractivity contribution in [3.8, 4) is 0 Å². The summed E-state index contributed by atoms with van der Waals surface area (Å²) in [6.45, 7) is 5.10. The summed E-state index contributed by atoms with van der Waals surface area (Å²) in [6, 6.07) is 11.2. The Labute approximate surface area is 150 Å². The summed E-state index contributed by atoms with van der Waals surface area (Å²) in [5, 5.41) is 3.64. The Kier molecular flexibility index (Phi) is 5.37. The van der Waals surface area contributed by atoms with Crippen LogP contribution in [-0.2, 0) is 6.18 Å². The lowest BCUT2D eigenvalue weighted by Crippen LogP contribution is -2.45. The number of alkyl halides is 3. The second kappa shape index (κ2) is 7.36. The van der Waals surface area contributed by atoms with Crippen LogP contribution in [0.1, 0.15) is 28.3 Å². The van der Waals surface area contributed by atoms with Crippen molar-refractivity contribution < 1.29 is 13.2 Å². The highest BCUT2D eigenvalue weighted by molar-refractivity contribution is 6.31. The highest BCUT2D eigenvalue weighted by atomic mass is 35.5. The molecule has 2 aromatic carbocycles. The Balaban J connectivity index is 2.11. The van der Waals surface area contributed by atoms with Crippen LogP contribution < -0.4 is 5.32 Å². The lowest BCUT2D eigenvalue weighted by atomic mass is 9.94. The molecule has 3 rings (SSSR count). The van der Waals surface area contributed by atoms with E-state index in [9.17, 15) is 13.2 Å². The molecule has 134 valence electrons. The third-order valence-corrected chi connectivity index (χ3v) is 4.84. The summed E-state index contributed by atoms with van der Waals surface area (Å²) in [6.07, 6.45) is -4.39. The van der Waals surface area contributed by atoms with E-state index in [1.54, 1.807) is 0 Å². The van der Waals surface area contributed by atoms with Crippen LogP contribution >= 0.6 is 11.6 Å². The van der Waals surface area contributed by atoms with Crippen LogP contribution in [0.25, 0.3) is 0 Å². The Morgan fingerprint density at radius 2 is 1.80 bits per heavy atom. The molecule has 1 heterocycles. The first-order valence-electron chi connectivity index (χ1n) is 8.24. The molecule has 2 aromatic rings. The molecular formula is C19H20ClF3N2. The maximum atomic E-state index is 13.2. The predicted molar refractivity (Wildman–Crippen MR) is 93.9 cm³/mol. The Bertz CT molecular complexity index is 740. The standard InChI is InChI=1S/C19H20ClF3N2/c1-13-3-2-4-14(11-13)18(25-9-7-24-8-10-25)16-12-15(19(21,22)23)5-6-17(16)20/h2-6,11-12,18,24H,7-10H2,1H3. The van der Waals surface area contributed by atoms with Crippen LogP contribution in [-0.4, -0.2) is 31.1 Å². The second-order valence-electron chi connectivity index (χ2n) is 6.34. The van der Waals surface area contributed by atoms with Crippen LogP contribution in [0.15, 0.2) is 42.5 Å². The number of benzene rings is 2. The third-order valence-electron chi connectivity index (χ3n) is 4.49. The Morgan fingerprint density at radius 1 is 1.08 bits per heavy atom. The van der Waals surface area contributed by atoms with E-state index in [1.807, 2.05) is 31.2 Å². The van der Waals surface area contributed by atoms with Crippen molar-refractivity contribution in [1.82, 2.24) is 10.2 Å². The first-order chi connectivity index (χ1) is 11.9. The lowest BCUT2D eigenvalue weighted by Gasteiger charge is -2.36. The van der Waals surface area contributed by atoms with Crippen molar-refractivity contribution in [2.45, 2.75) is 19.1 Å². The number of rotatable bonds is 3. The fourth-order valence-corrected chi connectivity index (χ4v) is 3.52. The van der Waals surface area contributed by atoms with Crippen LogP contribution in [0.5, 0.6) is 0 Å². The van der Waals surface area contributed by atoms with E-state index in [4.69, 9.17) is 11.6 Å². The quantitative estimate of drug-likeness (QED) is 0.847. The molecule has 1 atom stereocenters. The molecule has 1 N–H and O–H groups in total. The van der Waals surface area contributed by atoms with Crippen molar-refractivity contribution in [2.24, 2.45) is 0 Å². The first-order valence-corrected chi connectivity index (χ1v) is 8.62. The van der Waals surface area contributed by atoms with Gasteiger partial charge in [0, 0.05) is 31.2 Å². The molecule has 1 aliphatic heterocycles. The van der Waals surface area contributed by atoms with Gasteiger partial charge in [-0.3, -0.25) is 4.90 Å². The van der Waals surface area contributed by atoms with E-state index in [0.717, 1.165) is 43.4 Å². The molecule has 1 unspecified atom stereocenters. The number of nitrogens with one attached hydrogen (secondary N) is 1. The molecule has 0 spiro atoms. The zero-order valence-electron chi connectivity index (χ0n) is 13.9. The molecule has 6 heteroatoms. The van der Waals surface area contributed by atoms with Crippen LogP contribution in [0.3, 0.4) is 0 Å². The van der Waals surface area contributed by atoms with Gasteiger partial charge in [0.05, 0.1) is 11.6 Å². The molecule has 0 amide bonds. The number of aryl methyl sites for hydroxylation is 1. The molecule has 25 heavy (non-hydrogen) atoms. The number of hydrogen-bond donors (Lipinski definition) is 1. The van der Waals surface area contributed by atoms with Gasteiger partial charge in [-0.15, -0.1) is 0 Å². The maximum Gasteiger partial charge on any atom is 0.416 e. The monoisotopic (exact) mass is 368 g/mol. The van der Waals surface area contributed by atoms with E-state index < -0.39 is 11.7 Å². The number of piperazine rings is 1. The van der Waals surface area contributed by atoms with Crippen molar-refractivity contribution in [3.63, 3.8) is 0 Å². The Morgan fingerprint density at radius 3 is 2.44 bits per heavy atom.